The zero-order valence-electron chi connectivity index (χ0n) is 17.4. The minimum Gasteiger partial charge on any atom is -0.489 e. The monoisotopic (exact) mass is 396 g/mol. The largest absolute Gasteiger partial charge is 0.489 e. The minimum absolute atomic E-state index is 0.0947. The number of aryl methyl sites for hydroxylation is 1. The molecule has 148 valence electrons. The third-order valence-corrected chi connectivity index (χ3v) is 5.35. The van der Waals surface area contributed by atoms with Crippen molar-refractivity contribution in [2.24, 2.45) is 0 Å². The van der Waals surface area contributed by atoms with Gasteiger partial charge in [0.1, 0.15) is 5.75 Å². The first-order chi connectivity index (χ1) is 13.4. The number of hydrogen-bond donors (Lipinski definition) is 0. The van der Waals surface area contributed by atoms with Gasteiger partial charge in [-0.1, -0.05) is 43.6 Å². The van der Waals surface area contributed by atoms with Gasteiger partial charge in [0, 0.05) is 6.20 Å². The maximum absolute atomic E-state index is 6.47. The molecule has 0 aliphatic rings. The molecule has 0 bridgehead atoms. The fourth-order valence-corrected chi connectivity index (χ4v) is 3.80. The zero-order chi connectivity index (χ0) is 20.3. The summed E-state index contributed by atoms with van der Waals surface area (Å²) in [6.07, 6.45) is 4.34. The first-order valence-electron chi connectivity index (χ1n) is 10.1. The molecule has 1 aromatic heterocycles. The van der Waals surface area contributed by atoms with E-state index in [0.717, 1.165) is 41.1 Å². The van der Waals surface area contributed by atoms with Crippen LogP contribution in [0, 0.1) is 6.92 Å². The summed E-state index contributed by atoms with van der Waals surface area (Å²) in [6.45, 7) is 10.5. The van der Waals surface area contributed by atoms with E-state index in [2.05, 4.69) is 43.2 Å². The van der Waals surface area contributed by atoms with Gasteiger partial charge < -0.3 is 4.74 Å². The van der Waals surface area contributed by atoms with Crippen LogP contribution in [-0.4, -0.2) is 15.9 Å². The Morgan fingerprint density at radius 3 is 2.25 bits per heavy atom. The molecule has 4 heteroatoms. The first-order valence-corrected chi connectivity index (χ1v) is 10.4. The van der Waals surface area contributed by atoms with E-state index in [9.17, 15) is 0 Å². The Balaban J connectivity index is 2.07. The van der Waals surface area contributed by atoms with Crippen molar-refractivity contribution in [1.82, 2.24) is 9.78 Å². The van der Waals surface area contributed by atoms with Crippen LogP contribution in [0.25, 0.3) is 16.8 Å². The van der Waals surface area contributed by atoms with Gasteiger partial charge >= 0.3 is 0 Å². The van der Waals surface area contributed by atoms with E-state index < -0.39 is 0 Å². The molecule has 28 heavy (non-hydrogen) atoms. The lowest BCUT2D eigenvalue weighted by molar-refractivity contribution is 0.242. The lowest BCUT2D eigenvalue weighted by atomic mass is 9.90. The fourth-order valence-electron chi connectivity index (χ4n) is 3.57. The van der Waals surface area contributed by atoms with Crippen molar-refractivity contribution in [2.75, 3.05) is 0 Å². The summed E-state index contributed by atoms with van der Waals surface area (Å²) in [5.74, 6) is 1.23. The van der Waals surface area contributed by atoms with Crippen LogP contribution in [-0.2, 0) is 0 Å². The smallest absolute Gasteiger partial charge is 0.138 e. The summed E-state index contributed by atoms with van der Waals surface area (Å²) in [4.78, 5) is 0. The average molecular weight is 397 g/mol. The Morgan fingerprint density at radius 1 is 1.00 bits per heavy atom. The maximum Gasteiger partial charge on any atom is 0.138 e. The highest BCUT2D eigenvalue weighted by molar-refractivity contribution is 6.32. The predicted molar refractivity (Wildman–Crippen MR) is 118 cm³/mol. The molecule has 0 radical (unpaired) electrons. The van der Waals surface area contributed by atoms with Crippen LogP contribution in [0.3, 0.4) is 0 Å². The van der Waals surface area contributed by atoms with E-state index in [4.69, 9.17) is 16.3 Å². The quantitative estimate of drug-likeness (QED) is 0.422. The van der Waals surface area contributed by atoms with Crippen LogP contribution >= 0.6 is 11.6 Å². The highest BCUT2D eigenvalue weighted by Crippen LogP contribution is 2.35. The third-order valence-electron chi connectivity index (χ3n) is 5.05. The van der Waals surface area contributed by atoms with E-state index in [1.165, 1.54) is 5.56 Å². The van der Waals surface area contributed by atoms with Gasteiger partial charge in [-0.25, -0.2) is 4.68 Å². The van der Waals surface area contributed by atoms with E-state index in [1.54, 1.807) is 0 Å². The van der Waals surface area contributed by atoms with Crippen molar-refractivity contribution in [2.45, 2.75) is 59.5 Å². The summed E-state index contributed by atoms with van der Waals surface area (Å²) in [7, 11) is 0. The molecule has 0 unspecified atom stereocenters. The number of hydrogen-bond acceptors (Lipinski definition) is 2. The summed E-state index contributed by atoms with van der Waals surface area (Å²) in [5.41, 5.74) is 5.68. The Bertz CT molecular complexity index is 942. The summed E-state index contributed by atoms with van der Waals surface area (Å²) in [5, 5.41) is 5.29. The van der Waals surface area contributed by atoms with Gasteiger partial charge in [-0.05, 0) is 80.5 Å². The first kappa shape index (κ1) is 20.5. The second-order valence-electron chi connectivity index (χ2n) is 7.50. The molecule has 3 aromatic rings. The van der Waals surface area contributed by atoms with Gasteiger partial charge in [0.2, 0.25) is 0 Å². The van der Waals surface area contributed by atoms with Gasteiger partial charge in [0.15, 0.2) is 0 Å². The Hall–Kier alpha value is -2.26. The number of aromatic nitrogens is 2. The molecule has 0 spiro atoms. The van der Waals surface area contributed by atoms with Crippen LogP contribution in [0.2, 0.25) is 5.02 Å². The van der Waals surface area contributed by atoms with Crippen LogP contribution in [0.1, 0.15) is 57.7 Å². The van der Waals surface area contributed by atoms with Crippen molar-refractivity contribution in [3.8, 4) is 22.6 Å². The Kier molecular flexibility index (Phi) is 6.46. The van der Waals surface area contributed by atoms with Crippen LogP contribution in [0.5, 0.6) is 5.75 Å². The molecule has 0 amide bonds. The second-order valence-corrected chi connectivity index (χ2v) is 7.91. The van der Waals surface area contributed by atoms with Crippen molar-refractivity contribution < 1.29 is 4.74 Å². The minimum atomic E-state index is 0.0947. The number of benzene rings is 2. The molecule has 2 aromatic carbocycles. The molecule has 0 aliphatic carbocycles. The molecular formula is C24H29ClN2O. The molecule has 0 aliphatic heterocycles. The van der Waals surface area contributed by atoms with Crippen LogP contribution in [0.15, 0.2) is 48.7 Å². The molecule has 0 fully saturated rings. The Morgan fingerprint density at radius 2 is 1.68 bits per heavy atom. The molecule has 1 heterocycles. The standard InChI is InChI=1S/C24H29ClN2O/c1-6-18(7-2)21-10-8-20(15-23(21)27-13-12-17(5)26-27)19-9-11-24(22(25)14-19)28-16(3)4/h8-16,18H,6-7H2,1-5H3. The lowest BCUT2D eigenvalue weighted by Gasteiger charge is -2.19. The molecule has 0 saturated carbocycles. The zero-order valence-corrected chi connectivity index (χ0v) is 18.1. The molecule has 0 N–H and O–H groups in total. The Labute approximate surface area is 173 Å². The fraction of sp³-hybridized carbons (Fsp3) is 0.375. The third kappa shape index (κ3) is 4.41. The summed E-state index contributed by atoms with van der Waals surface area (Å²) >= 11 is 6.47. The number of rotatable bonds is 7. The van der Waals surface area contributed by atoms with Gasteiger partial charge in [-0.2, -0.15) is 5.10 Å². The molecule has 0 saturated heterocycles. The normalized spacial score (nSPS) is 11.4. The molecule has 3 rings (SSSR count). The summed E-state index contributed by atoms with van der Waals surface area (Å²) < 4.78 is 7.76. The van der Waals surface area contributed by atoms with Crippen molar-refractivity contribution in [3.63, 3.8) is 0 Å². The number of ether oxygens (including phenoxy) is 1. The van der Waals surface area contributed by atoms with E-state index >= 15 is 0 Å². The summed E-state index contributed by atoms with van der Waals surface area (Å²) in [6, 6.07) is 14.7. The highest BCUT2D eigenvalue weighted by Gasteiger charge is 2.16. The van der Waals surface area contributed by atoms with Crippen molar-refractivity contribution >= 4 is 11.6 Å². The van der Waals surface area contributed by atoms with E-state index in [1.807, 2.05) is 49.8 Å². The van der Waals surface area contributed by atoms with Crippen LogP contribution < -0.4 is 4.74 Å². The van der Waals surface area contributed by atoms with Gasteiger partial charge in [0.25, 0.3) is 0 Å². The predicted octanol–water partition coefficient (Wildman–Crippen LogP) is 7.19. The van der Waals surface area contributed by atoms with Gasteiger partial charge in [-0.3, -0.25) is 0 Å². The molecule has 0 atom stereocenters. The molecule has 3 nitrogen and oxygen atoms in total. The van der Waals surface area contributed by atoms with Gasteiger partial charge in [-0.15, -0.1) is 0 Å². The lowest BCUT2D eigenvalue weighted by Crippen LogP contribution is -2.06. The maximum atomic E-state index is 6.47. The SMILES string of the molecule is CCC(CC)c1ccc(-c2ccc(OC(C)C)c(Cl)c2)cc1-n1ccc(C)n1. The number of halogens is 1. The van der Waals surface area contributed by atoms with E-state index in [-0.39, 0.29) is 6.10 Å². The van der Waals surface area contributed by atoms with Gasteiger partial charge in [0.05, 0.1) is 22.5 Å². The highest BCUT2D eigenvalue weighted by atomic mass is 35.5. The number of nitrogens with zero attached hydrogens (tertiary/aromatic N) is 2. The van der Waals surface area contributed by atoms with Crippen molar-refractivity contribution in [3.05, 3.63) is 64.9 Å². The molecular weight excluding hydrogens is 368 g/mol. The topological polar surface area (TPSA) is 27.1 Å². The van der Waals surface area contributed by atoms with Crippen LogP contribution in [0.4, 0.5) is 0 Å². The van der Waals surface area contributed by atoms with Crippen molar-refractivity contribution in [1.29, 1.82) is 0 Å². The average Bonchev–Trinajstić information content (AvgIpc) is 3.10. The second kappa shape index (κ2) is 8.83. The van der Waals surface area contributed by atoms with E-state index in [0.29, 0.717) is 10.9 Å².